The van der Waals surface area contributed by atoms with Crippen LogP contribution in [0.1, 0.15) is 56.3 Å². The van der Waals surface area contributed by atoms with Crippen LogP contribution < -0.4 is 0 Å². The molecular formula is C20H30N2O5S2. The van der Waals surface area contributed by atoms with Crippen molar-refractivity contribution in [3.63, 3.8) is 0 Å². The van der Waals surface area contributed by atoms with Gasteiger partial charge in [-0.05, 0) is 50.8 Å². The Hall–Kier alpha value is -1.45. The summed E-state index contributed by atoms with van der Waals surface area (Å²) in [6.45, 7) is 4.78. The molecular weight excluding hydrogens is 412 g/mol. The number of piperidine rings is 1. The minimum atomic E-state index is -3.68. The van der Waals surface area contributed by atoms with Crippen LogP contribution in [-0.4, -0.2) is 68.6 Å². The Labute approximate surface area is 174 Å². The molecule has 0 N–H and O–H groups in total. The smallest absolute Gasteiger partial charge is 0.254 e. The molecule has 3 rings (SSSR count). The predicted molar refractivity (Wildman–Crippen MR) is 112 cm³/mol. The zero-order chi connectivity index (χ0) is 21.2. The van der Waals surface area contributed by atoms with Crippen LogP contribution >= 0.6 is 0 Å². The summed E-state index contributed by atoms with van der Waals surface area (Å²) < 4.78 is 51.5. The number of rotatable bonds is 6. The predicted octanol–water partition coefficient (Wildman–Crippen LogP) is 2.29. The van der Waals surface area contributed by atoms with Gasteiger partial charge in [0.1, 0.15) is 0 Å². The van der Waals surface area contributed by atoms with Gasteiger partial charge in [-0.15, -0.1) is 0 Å². The first-order valence-electron chi connectivity index (χ1n) is 10.3. The van der Waals surface area contributed by atoms with Gasteiger partial charge in [0.05, 0.1) is 16.4 Å². The fourth-order valence-corrected chi connectivity index (χ4v) is 7.71. The molecule has 2 fully saturated rings. The zero-order valence-corrected chi connectivity index (χ0v) is 18.7. The van der Waals surface area contributed by atoms with Crippen molar-refractivity contribution in [2.75, 3.05) is 24.6 Å². The Kier molecular flexibility index (Phi) is 6.70. The lowest BCUT2D eigenvalue weighted by Gasteiger charge is -2.32. The number of carbonyl (C=O) groups is 1. The van der Waals surface area contributed by atoms with Crippen LogP contribution in [0.5, 0.6) is 0 Å². The quantitative estimate of drug-likeness (QED) is 0.674. The van der Waals surface area contributed by atoms with E-state index in [0.717, 1.165) is 19.3 Å². The summed E-state index contributed by atoms with van der Waals surface area (Å²) in [6.07, 6.45) is 3.81. The van der Waals surface area contributed by atoms with Crippen molar-refractivity contribution in [1.29, 1.82) is 0 Å². The first-order valence-corrected chi connectivity index (χ1v) is 13.5. The first kappa shape index (κ1) is 22.2. The number of sulfone groups is 1. The average Bonchev–Trinajstić information content (AvgIpc) is 3.05. The molecule has 0 saturated carbocycles. The van der Waals surface area contributed by atoms with Gasteiger partial charge < -0.3 is 4.90 Å². The highest BCUT2D eigenvalue weighted by atomic mass is 32.2. The van der Waals surface area contributed by atoms with Crippen LogP contribution in [0.2, 0.25) is 0 Å². The summed E-state index contributed by atoms with van der Waals surface area (Å²) in [7, 11) is -6.80. The maximum Gasteiger partial charge on any atom is 0.254 e. The van der Waals surface area contributed by atoms with Gasteiger partial charge in [-0.1, -0.05) is 19.4 Å². The largest absolute Gasteiger partial charge is 0.335 e. The fraction of sp³-hybridized carbons (Fsp3) is 0.650. The third-order valence-electron chi connectivity index (χ3n) is 5.80. The van der Waals surface area contributed by atoms with E-state index >= 15 is 0 Å². The summed E-state index contributed by atoms with van der Waals surface area (Å²) in [5.41, 5.74) is 0.286. The molecule has 2 saturated heterocycles. The van der Waals surface area contributed by atoms with Crippen molar-refractivity contribution in [3.8, 4) is 0 Å². The second kappa shape index (κ2) is 8.73. The number of hydrogen-bond acceptors (Lipinski definition) is 5. The monoisotopic (exact) mass is 442 g/mol. The molecule has 0 aromatic heterocycles. The lowest BCUT2D eigenvalue weighted by molar-refractivity contribution is 0.0697. The highest BCUT2D eigenvalue weighted by Crippen LogP contribution is 2.26. The third-order valence-corrected chi connectivity index (χ3v) is 9.56. The molecule has 0 radical (unpaired) electrons. The molecule has 1 aromatic rings. The van der Waals surface area contributed by atoms with Gasteiger partial charge in [0.2, 0.25) is 10.0 Å². The van der Waals surface area contributed by atoms with Crippen LogP contribution in [0.4, 0.5) is 0 Å². The minimum absolute atomic E-state index is 0.0258. The van der Waals surface area contributed by atoms with E-state index in [1.54, 1.807) is 17.0 Å². The van der Waals surface area contributed by atoms with E-state index in [9.17, 15) is 21.6 Å². The molecule has 2 unspecified atom stereocenters. The average molecular weight is 443 g/mol. The van der Waals surface area contributed by atoms with Gasteiger partial charge in [0.25, 0.3) is 5.91 Å². The second-order valence-corrected chi connectivity index (χ2v) is 12.2. The molecule has 0 aliphatic carbocycles. The number of hydrogen-bond donors (Lipinski definition) is 0. The molecule has 29 heavy (non-hydrogen) atoms. The van der Waals surface area contributed by atoms with Gasteiger partial charge in [0.15, 0.2) is 9.84 Å². The van der Waals surface area contributed by atoms with Gasteiger partial charge in [-0.2, -0.15) is 4.31 Å². The number of benzene rings is 1. The molecule has 2 heterocycles. The van der Waals surface area contributed by atoms with Gasteiger partial charge in [-0.3, -0.25) is 4.79 Å². The maximum absolute atomic E-state index is 13.2. The zero-order valence-electron chi connectivity index (χ0n) is 17.1. The Balaban J connectivity index is 1.88. The first-order chi connectivity index (χ1) is 13.7. The van der Waals surface area contributed by atoms with Gasteiger partial charge >= 0.3 is 0 Å². The van der Waals surface area contributed by atoms with Crippen molar-refractivity contribution in [2.45, 2.75) is 62.9 Å². The van der Waals surface area contributed by atoms with Crippen LogP contribution in [-0.2, 0) is 19.9 Å². The Bertz CT molecular complexity index is 959. The summed E-state index contributed by atoms with van der Waals surface area (Å²) in [5, 5.41) is 0. The van der Waals surface area contributed by atoms with Gasteiger partial charge in [-0.25, -0.2) is 16.8 Å². The normalized spacial score (nSPS) is 25.0. The van der Waals surface area contributed by atoms with E-state index in [1.807, 2.05) is 13.8 Å². The number of sulfonamides is 1. The molecule has 9 heteroatoms. The minimum Gasteiger partial charge on any atom is -0.335 e. The topological polar surface area (TPSA) is 91.8 Å². The van der Waals surface area contributed by atoms with Crippen molar-refractivity contribution in [3.05, 3.63) is 29.8 Å². The van der Waals surface area contributed by atoms with Crippen molar-refractivity contribution >= 4 is 25.8 Å². The third kappa shape index (κ3) is 4.83. The Morgan fingerprint density at radius 1 is 1.24 bits per heavy atom. The maximum atomic E-state index is 13.2. The van der Waals surface area contributed by atoms with Gasteiger partial charge in [0, 0.05) is 30.7 Å². The van der Waals surface area contributed by atoms with Crippen LogP contribution in [0.25, 0.3) is 0 Å². The molecule has 2 aliphatic rings. The SMILES string of the molecule is CCCN(C(=O)c1cccc(S(=O)(=O)N2CCCCC2C)c1)C1CCS(=O)(=O)C1. The number of nitrogens with zero attached hydrogens (tertiary/aromatic N) is 2. The van der Waals surface area contributed by atoms with E-state index in [1.165, 1.54) is 16.4 Å². The van der Waals surface area contributed by atoms with Crippen molar-refractivity contribution in [2.24, 2.45) is 0 Å². The number of amides is 1. The van der Waals surface area contributed by atoms with E-state index in [4.69, 9.17) is 0 Å². The van der Waals surface area contributed by atoms with Crippen molar-refractivity contribution in [1.82, 2.24) is 9.21 Å². The van der Waals surface area contributed by atoms with Crippen LogP contribution in [0, 0.1) is 0 Å². The summed E-state index contributed by atoms with van der Waals surface area (Å²) in [6, 6.07) is 5.74. The molecule has 2 atom stereocenters. The molecule has 0 bridgehead atoms. The Morgan fingerprint density at radius 2 is 2.00 bits per heavy atom. The van der Waals surface area contributed by atoms with Crippen LogP contribution in [0.15, 0.2) is 29.2 Å². The molecule has 0 spiro atoms. The standard InChI is InChI=1S/C20H30N2O5S2/c1-3-11-21(18-10-13-28(24,25)15-18)20(23)17-8-6-9-19(14-17)29(26,27)22-12-5-4-7-16(22)2/h6,8-9,14,16,18H,3-5,7,10-13,15H2,1-2H3. The molecule has 7 nitrogen and oxygen atoms in total. The van der Waals surface area contributed by atoms with Crippen molar-refractivity contribution < 1.29 is 21.6 Å². The lowest BCUT2D eigenvalue weighted by atomic mass is 10.1. The molecule has 162 valence electrons. The summed E-state index contributed by atoms with van der Waals surface area (Å²) in [5.74, 6) is -0.244. The van der Waals surface area contributed by atoms with E-state index in [0.29, 0.717) is 25.9 Å². The molecule has 2 aliphatic heterocycles. The van der Waals surface area contributed by atoms with E-state index in [-0.39, 0.29) is 40.0 Å². The molecule has 1 aromatic carbocycles. The van der Waals surface area contributed by atoms with E-state index < -0.39 is 19.9 Å². The second-order valence-electron chi connectivity index (χ2n) is 8.04. The highest BCUT2D eigenvalue weighted by Gasteiger charge is 2.35. The lowest BCUT2D eigenvalue weighted by Crippen LogP contribution is -2.42. The van der Waals surface area contributed by atoms with E-state index in [2.05, 4.69) is 0 Å². The number of carbonyl (C=O) groups excluding carboxylic acids is 1. The summed E-state index contributed by atoms with van der Waals surface area (Å²) >= 11 is 0. The fourth-order valence-electron chi connectivity index (χ4n) is 4.23. The Morgan fingerprint density at radius 3 is 2.62 bits per heavy atom. The summed E-state index contributed by atoms with van der Waals surface area (Å²) in [4.78, 5) is 14.9. The van der Waals surface area contributed by atoms with Crippen LogP contribution in [0.3, 0.4) is 0 Å². The highest BCUT2D eigenvalue weighted by molar-refractivity contribution is 7.91. The molecule has 1 amide bonds.